The lowest BCUT2D eigenvalue weighted by Crippen LogP contribution is -2.43. The van der Waals surface area contributed by atoms with E-state index in [9.17, 15) is 9.59 Å². The first kappa shape index (κ1) is 16.0. The molecule has 2 atom stereocenters. The number of likely N-dealkylation sites (tertiary alicyclic amines) is 1. The molecule has 1 N–H and O–H groups in total. The molecule has 0 bridgehead atoms. The van der Waals surface area contributed by atoms with Crippen molar-refractivity contribution >= 4 is 11.9 Å². The van der Waals surface area contributed by atoms with Crippen LogP contribution in [0.25, 0.3) is 0 Å². The predicted molar refractivity (Wildman–Crippen MR) is 73.9 cm³/mol. The highest BCUT2D eigenvalue weighted by Gasteiger charge is 2.36. The quantitative estimate of drug-likeness (QED) is 0.760. The normalized spacial score (nSPS) is 23.5. The summed E-state index contributed by atoms with van der Waals surface area (Å²) in [4.78, 5) is 27.2. The topological polar surface area (TPSA) is 60.9 Å². The molecule has 5 nitrogen and oxygen atoms in total. The largest absolute Gasteiger partial charge is 0.481 e. The summed E-state index contributed by atoms with van der Waals surface area (Å²) in [6, 6.07) is -0.0495. The summed E-state index contributed by atoms with van der Waals surface area (Å²) in [5.74, 6) is -0.957. The number of carboxylic acid groups (broad SMARTS) is 1. The monoisotopic (exact) mass is 270 g/mol. The third-order valence-corrected chi connectivity index (χ3v) is 3.88. The minimum absolute atomic E-state index is 0.0495. The summed E-state index contributed by atoms with van der Waals surface area (Å²) in [5.41, 5.74) is 0. The van der Waals surface area contributed by atoms with Crippen molar-refractivity contribution in [2.45, 2.75) is 46.1 Å². The van der Waals surface area contributed by atoms with E-state index in [1.807, 2.05) is 16.7 Å². The van der Waals surface area contributed by atoms with E-state index in [-0.39, 0.29) is 17.9 Å². The molecule has 1 amide bonds. The van der Waals surface area contributed by atoms with Crippen LogP contribution < -0.4 is 0 Å². The maximum absolute atomic E-state index is 12.2. The SMILES string of the molecule is CCCN(CCC)C(=O)CN1CCC(C(=O)O)C1C. The van der Waals surface area contributed by atoms with Crippen LogP contribution in [0, 0.1) is 5.92 Å². The Labute approximate surface area is 115 Å². The average molecular weight is 270 g/mol. The van der Waals surface area contributed by atoms with Crippen molar-refractivity contribution in [2.75, 3.05) is 26.2 Å². The highest BCUT2D eigenvalue weighted by Crippen LogP contribution is 2.24. The number of carboxylic acids is 1. The fourth-order valence-electron chi connectivity index (χ4n) is 2.73. The Kier molecular flexibility index (Phi) is 6.28. The molecule has 0 aliphatic carbocycles. The van der Waals surface area contributed by atoms with Crippen LogP contribution in [0.4, 0.5) is 0 Å². The Balaban J connectivity index is 2.54. The van der Waals surface area contributed by atoms with Gasteiger partial charge in [-0.15, -0.1) is 0 Å². The van der Waals surface area contributed by atoms with Gasteiger partial charge in [-0.25, -0.2) is 0 Å². The summed E-state index contributed by atoms with van der Waals surface area (Å²) >= 11 is 0. The van der Waals surface area contributed by atoms with E-state index in [0.717, 1.165) is 25.9 Å². The number of amides is 1. The fraction of sp³-hybridized carbons (Fsp3) is 0.857. The summed E-state index contributed by atoms with van der Waals surface area (Å²) in [6.45, 7) is 8.67. The lowest BCUT2D eigenvalue weighted by molar-refractivity contribution is -0.143. The van der Waals surface area contributed by atoms with Crippen molar-refractivity contribution in [2.24, 2.45) is 5.92 Å². The molecule has 2 unspecified atom stereocenters. The predicted octanol–water partition coefficient (Wildman–Crippen LogP) is 1.43. The van der Waals surface area contributed by atoms with E-state index >= 15 is 0 Å². The smallest absolute Gasteiger partial charge is 0.308 e. The number of carbonyl (C=O) groups excluding carboxylic acids is 1. The van der Waals surface area contributed by atoms with Crippen LogP contribution in [0.15, 0.2) is 0 Å². The van der Waals surface area contributed by atoms with Gasteiger partial charge in [0.25, 0.3) is 0 Å². The molecule has 0 spiro atoms. The second-order valence-corrected chi connectivity index (χ2v) is 5.33. The molecule has 0 saturated carbocycles. The Bertz CT molecular complexity index is 314. The van der Waals surface area contributed by atoms with Crippen molar-refractivity contribution in [1.29, 1.82) is 0 Å². The van der Waals surface area contributed by atoms with Crippen LogP contribution in [0.5, 0.6) is 0 Å². The zero-order chi connectivity index (χ0) is 14.4. The summed E-state index contributed by atoms with van der Waals surface area (Å²) in [7, 11) is 0. The van der Waals surface area contributed by atoms with Crippen LogP contribution in [0.1, 0.15) is 40.0 Å². The molecule has 110 valence electrons. The van der Waals surface area contributed by atoms with Crippen molar-refractivity contribution in [1.82, 2.24) is 9.80 Å². The van der Waals surface area contributed by atoms with Crippen molar-refractivity contribution in [3.8, 4) is 0 Å². The van der Waals surface area contributed by atoms with Crippen LogP contribution in [-0.2, 0) is 9.59 Å². The standard InChI is InChI=1S/C14H26N2O3/c1-4-7-15(8-5-2)13(17)10-16-9-6-12(11(16)3)14(18)19/h11-12H,4-10H2,1-3H3,(H,18,19). The Morgan fingerprint density at radius 1 is 1.26 bits per heavy atom. The van der Waals surface area contributed by atoms with E-state index in [4.69, 9.17) is 5.11 Å². The number of nitrogens with zero attached hydrogens (tertiary/aromatic N) is 2. The van der Waals surface area contributed by atoms with Gasteiger partial charge in [0, 0.05) is 19.1 Å². The molecule has 1 heterocycles. The van der Waals surface area contributed by atoms with Gasteiger partial charge in [-0.3, -0.25) is 14.5 Å². The minimum atomic E-state index is -0.749. The highest BCUT2D eigenvalue weighted by atomic mass is 16.4. The van der Waals surface area contributed by atoms with Crippen LogP contribution >= 0.6 is 0 Å². The van der Waals surface area contributed by atoms with E-state index < -0.39 is 5.97 Å². The van der Waals surface area contributed by atoms with Gasteiger partial charge >= 0.3 is 5.97 Å². The number of hydrogen-bond acceptors (Lipinski definition) is 3. The number of rotatable bonds is 7. The third-order valence-electron chi connectivity index (χ3n) is 3.88. The number of carbonyl (C=O) groups is 2. The lowest BCUT2D eigenvalue weighted by atomic mass is 10.0. The first-order valence-corrected chi connectivity index (χ1v) is 7.25. The van der Waals surface area contributed by atoms with Gasteiger partial charge in [0.15, 0.2) is 0 Å². The van der Waals surface area contributed by atoms with Crippen LogP contribution in [0.2, 0.25) is 0 Å². The van der Waals surface area contributed by atoms with Gasteiger partial charge in [0.1, 0.15) is 0 Å². The molecule has 5 heteroatoms. The first-order valence-electron chi connectivity index (χ1n) is 7.25. The Morgan fingerprint density at radius 3 is 2.26 bits per heavy atom. The van der Waals surface area contributed by atoms with Crippen molar-refractivity contribution in [3.05, 3.63) is 0 Å². The molecule has 1 aliphatic heterocycles. The molecule has 1 fully saturated rings. The average Bonchev–Trinajstić information content (AvgIpc) is 2.71. The van der Waals surface area contributed by atoms with Gasteiger partial charge in [-0.1, -0.05) is 13.8 Å². The van der Waals surface area contributed by atoms with E-state index in [1.54, 1.807) is 0 Å². The van der Waals surface area contributed by atoms with Gasteiger partial charge < -0.3 is 10.0 Å². The van der Waals surface area contributed by atoms with Gasteiger partial charge in [0.05, 0.1) is 12.5 Å². The third kappa shape index (κ3) is 4.20. The molecule has 1 saturated heterocycles. The zero-order valence-corrected chi connectivity index (χ0v) is 12.3. The zero-order valence-electron chi connectivity index (χ0n) is 12.3. The molecule has 0 aromatic rings. The van der Waals surface area contributed by atoms with Gasteiger partial charge in [-0.05, 0) is 32.7 Å². The maximum Gasteiger partial charge on any atom is 0.308 e. The Morgan fingerprint density at radius 2 is 1.84 bits per heavy atom. The lowest BCUT2D eigenvalue weighted by Gasteiger charge is -2.27. The molecule has 0 radical (unpaired) electrons. The maximum atomic E-state index is 12.2. The summed E-state index contributed by atoms with van der Waals surface area (Å²) in [5, 5.41) is 9.09. The molecule has 1 aliphatic rings. The van der Waals surface area contributed by atoms with Crippen molar-refractivity contribution in [3.63, 3.8) is 0 Å². The van der Waals surface area contributed by atoms with Crippen LogP contribution in [-0.4, -0.2) is 59.0 Å². The van der Waals surface area contributed by atoms with Gasteiger partial charge in [-0.2, -0.15) is 0 Å². The van der Waals surface area contributed by atoms with Crippen LogP contribution in [0.3, 0.4) is 0 Å². The summed E-state index contributed by atoms with van der Waals surface area (Å²) < 4.78 is 0. The van der Waals surface area contributed by atoms with E-state index in [1.165, 1.54) is 0 Å². The minimum Gasteiger partial charge on any atom is -0.481 e. The fourth-order valence-corrected chi connectivity index (χ4v) is 2.73. The highest BCUT2D eigenvalue weighted by molar-refractivity contribution is 5.78. The number of hydrogen-bond donors (Lipinski definition) is 1. The van der Waals surface area contributed by atoms with Gasteiger partial charge in [0.2, 0.25) is 5.91 Å². The van der Waals surface area contributed by atoms with E-state index in [2.05, 4.69) is 13.8 Å². The Hall–Kier alpha value is -1.10. The molecular formula is C14H26N2O3. The molecule has 1 rings (SSSR count). The first-order chi connectivity index (χ1) is 9.01. The second-order valence-electron chi connectivity index (χ2n) is 5.33. The molecule has 19 heavy (non-hydrogen) atoms. The second kappa shape index (κ2) is 7.48. The van der Waals surface area contributed by atoms with E-state index in [0.29, 0.717) is 19.5 Å². The summed E-state index contributed by atoms with van der Waals surface area (Å²) in [6.07, 6.45) is 2.56. The number of aliphatic carboxylic acids is 1. The molecular weight excluding hydrogens is 244 g/mol. The molecule has 0 aromatic carbocycles. The molecule has 0 aromatic heterocycles. The van der Waals surface area contributed by atoms with Crippen molar-refractivity contribution < 1.29 is 14.7 Å².